The molecule has 0 saturated heterocycles. The summed E-state index contributed by atoms with van der Waals surface area (Å²) in [5.74, 6) is 0.649. The summed E-state index contributed by atoms with van der Waals surface area (Å²) in [6.45, 7) is 2.06. The van der Waals surface area contributed by atoms with Crippen molar-refractivity contribution in [1.29, 1.82) is 5.26 Å². The average Bonchev–Trinajstić information content (AvgIpc) is 3.03. The van der Waals surface area contributed by atoms with Crippen LogP contribution in [-0.4, -0.2) is 14.8 Å². The van der Waals surface area contributed by atoms with Crippen molar-refractivity contribution in [3.05, 3.63) is 34.8 Å². The molecule has 0 spiro atoms. The SMILES string of the molecule is CCc1nn(C)cc1Nc1nc2c(cc1C#N)CCC2. The molecule has 0 unspecified atom stereocenters. The fraction of sp³-hybridized carbons (Fsp3) is 0.400. The van der Waals surface area contributed by atoms with Crippen molar-refractivity contribution in [2.45, 2.75) is 32.6 Å². The van der Waals surface area contributed by atoms with E-state index < -0.39 is 0 Å². The Bertz CT molecular complexity index is 693. The maximum Gasteiger partial charge on any atom is 0.148 e. The molecule has 20 heavy (non-hydrogen) atoms. The highest BCUT2D eigenvalue weighted by atomic mass is 15.3. The number of hydrogen-bond donors (Lipinski definition) is 1. The lowest BCUT2D eigenvalue weighted by atomic mass is 10.1. The summed E-state index contributed by atoms with van der Waals surface area (Å²) in [4.78, 5) is 4.63. The summed E-state index contributed by atoms with van der Waals surface area (Å²) in [5, 5.41) is 17.0. The van der Waals surface area contributed by atoms with Crippen molar-refractivity contribution in [1.82, 2.24) is 14.8 Å². The maximum absolute atomic E-state index is 9.31. The molecule has 0 atom stereocenters. The predicted octanol–water partition coefficient (Wildman–Crippen LogP) is 2.48. The van der Waals surface area contributed by atoms with Gasteiger partial charge < -0.3 is 5.32 Å². The monoisotopic (exact) mass is 267 g/mol. The van der Waals surface area contributed by atoms with Crippen LogP contribution in [-0.2, 0) is 26.3 Å². The zero-order chi connectivity index (χ0) is 14.1. The van der Waals surface area contributed by atoms with Gasteiger partial charge in [-0.1, -0.05) is 6.92 Å². The Kier molecular flexibility index (Phi) is 3.15. The minimum atomic E-state index is 0.608. The first-order valence-corrected chi connectivity index (χ1v) is 6.93. The van der Waals surface area contributed by atoms with E-state index in [1.54, 1.807) is 4.68 Å². The van der Waals surface area contributed by atoms with Crippen LogP contribution in [0.25, 0.3) is 0 Å². The summed E-state index contributed by atoms with van der Waals surface area (Å²) in [5.41, 5.74) is 4.86. The zero-order valence-electron chi connectivity index (χ0n) is 11.8. The molecule has 0 amide bonds. The average molecular weight is 267 g/mol. The van der Waals surface area contributed by atoms with Crippen LogP contribution in [0.5, 0.6) is 0 Å². The number of rotatable bonds is 3. The third-order valence-corrected chi connectivity index (χ3v) is 3.66. The van der Waals surface area contributed by atoms with Gasteiger partial charge in [0.25, 0.3) is 0 Å². The number of pyridine rings is 1. The fourth-order valence-corrected chi connectivity index (χ4v) is 2.68. The molecule has 2 aromatic rings. The molecule has 3 rings (SSSR count). The minimum Gasteiger partial charge on any atom is -0.336 e. The minimum absolute atomic E-state index is 0.608. The second-order valence-electron chi connectivity index (χ2n) is 5.10. The Morgan fingerprint density at radius 1 is 1.45 bits per heavy atom. The van der Waals surface area contributed by atoms with E-state index in [1.807, 2.05) is 19.3 Å². The second kappa shape index (κ2) is 4.97. The number of aryl methyl sites for hydroxylation is 4. The van der Waals surface area contributed by atoms with Gasteiger partial charge in [0, 0.05) is 18.9 Å². The van der Waals surface area contributed by atoms with E-state index in [1.165, 1.54) is 5.56 Å². The largest absolute Gasteiger partial charge is 0.336 e. The Morgan fingerprint density at radius 2 is 2.30 bits per heavy atom. The predicted molar refractivity (Wildman–Crippen MR) is 76.8 cm³/mol. The molecular weight excluding hydrogens is 250 g/mol. The molecule has 2 heterocycles. The van der Waals surface area contributed by atoms with Crippen molar-refractivity contribution < 1.29 is 0 Å². The second-order valence-corrected chi connectivity index (χ2v) is 5.10. The number of nitrogens with one attached hydrogen (secondary N) is 1. The summed E-state index contributed by atoms with van der Waals surface area (Å²) in [6.07, 6.45) is 5.93. The van der Waals surface area contributed by atoms with Crippen LogP contribution in [0.4, 0.5) is 11.5 Å². The Labute approximate surface area is 118 Å². The quantitative estimate of drug-likeness (QED) is 0.927. The van der Waals surface area contributed by atoms with Gasteiger partial charge in [0.2, 0.25) is 0 Å². The van der Waals surface area contributed by atoms with Crippen molar-refractivity contribution in [3.8, 4) is 6.07 Å². The number of nitrogens with zero attached hydrogens (tertiary/aromatic N) is 4. The van der Waals surface area contributed by atoms with Crippen LogP contribution in [0.1, 0.15) is 35.9 Å². The Balaban J connectivity index is 2.00. The van der Waals surface area contributed by atoms with E-state index in [4.69, 9.17) is 0 Å². The summed E-state index contributed by atoms with van der Waals surface area (Å²) in [6, 6.07) is 4.21. The van der Waals surface area contributed by atoms with Gasteiger partial charge in [-0.3, -0.25) is 4.68 Å². The first kappa shape index (κ1) is 12.7. The highest BCUT2D eigenvalue weighted by molar-refractivity contribution is 5.65. The molecule has 1 aliphatic carbocycles. The standard InChI is InChI=1S/C15H17N5/c1-3-12-14(9-20(2)19-12)18-15-11(8-16)7-10-5-4-6-13(10)17-15/h7,9H,3-6H2,1-2H3,(H,17,18). The van der Waals surface area contributed by atoms with Gasteiger partial charge in [0.05, 0.1) is 16.9 Å². The fourth-order valence-electron chi connectivity index (χ4n) is 2.68. The molecule has 0 radical (unpaired) electrons. The van der Waals surface area contributed by atoms with Gasteiger partial charge in [-0.2, -0.15) is 10.4 Å². The van der Waals surface area contributed by atoms with E-state index in [2.05, 4.69) is 28.4 Å². The number of anilines is 2. The van der Waals surface area contributed by atoms with Crippen molar-refractivity contribution in [2.24, 2.45) is 7.05 Å². The third-order valence-electron chi connectivity index (χ3n) is 3.66. The molecule has 1 N–H and O–H groups in total. The lowest BCUT2D eigenvalue weighted by molar-refractivity contribution is 0.746. The number of nitriles is 1. The first-order chi connectivity index (χ1) is 9.71. The van der Waals surface area contributed by atoms with Crippen LogP contribution in [0, 0.1) is 11.3 Å². The zero-order valence-corrected chi connectivity index (χ0v) is 11.8. The van der Waals surface area contributed by atoms with E-state index >= 15 is 0 Å². The lowest BCUT2D eigenvalue weighted by Gasteiger charge is -2.09. The van der Waals surface area contributed by atoms with E-state index in [0.717, 1.165) is 42.8 Å². The van der Waals surface area contributed by atoms with Gasteiger partial charge in [0.1, 0.15) is 11.9 Å². The van der Waals surface area contributed by atoms with Crippen LogP contribution in [0.3, 0.4) is 0 Å². The molecule has 1 aliphatic rings. The molecule has 0 bridgehead atoms. The van der Waals surface area contributed by atoms with E-state index in [0.29, 0.717) is 11.4 Å². The van der Waals surface area contributed by atoms with E-state index in [9.17, 15) is 5.26 Å². The van der Waals surface area contributed by atoms with Crippen LogP contribution in [0.2, 0.25) is 0 Å². The summed E-state index contributed by atoms with van der Waals surface area (Å²) < 4.78 is 1.78. The molecular formula is C15H17N5. The summed E-state index contributed by atoms with van der Waals surface area (Å²) in [7, 11) is 1.89. The van der Waals surface area contributed by atoms with Gasteiger partial charge >= 0.3 is 0 Å². The Hall–Kier alpha value is -2.35. The molecule has 5 nitrogen and oxygen atoms in total. The van der Waals surface area contributed by atoms with Gasteiger partial charge in [0.15, 0.2) is 0 Å². The summed E-state index contributed by atoms with van der Waals surface area (Å²) >= 11 is 0. The molecule has 102 valence electrons. The lowest BCUT2D eigenvalue weighted by Crippen LogP contribution is -2.01. The van der Waals surface area contributed by atoms with Crippen molar-refractivity contribution in [3.63, 3.8) is 0 Å². The normalized spacial score (nSPS) is 13.1. The first-order valence-electron chi connectivity index (χ1n) is 6.93. The number of hydrogen-bond acceptors (Lipinski definition) is 4. The molecule has 2 aromatic heterocycles. The number of aromatic nitrogens is 3. The van der Waals surface area contributed by atoms with Crippen molar-refractivity contribution in [2.75, 3.05) is 5.32 Å². The van der Waals surface area contributed by atoms with Gasteiger partial charge in [-0.25, -0.2) is 4.98 Å². The molecule has 0 aliphatic heterocycles. The molecule has 0 saturated carbocycles. The van der Waals surface area contributed by atoms with E-state index in [-0.39, 0.29) is 0 Å². The molecule has 0 fully saturated rings. The maximum atomic E-state index is 9.31. The molecule has 0 aromatic carbocycles. The highest BCUT2D eigenvalue weighted by Crippen LogP contribution is 2.27. The van der Waals surface area contributed by atoms with Gasteiger partial charge in [-0.15, -0.1) is 0 Å². The number of fused-ring (bicyclic) bond motifs is 1. The Morgan fingerprint density at radius 3 is 3.05 bits per heavy atom. The smallest absolute Gasteiger partial charge is 0.148 e. The van der Waals surface area contributed by atoms with Gasteiger partial charge in [-0.05, 0) is 37.3 Å². The topological polar surface area (TPSA) is 66.5 Å². The highest BCUT2D eigenvalue weighted by Gasteiger charge is 2.17. The van der Waals surface area contributed by atoms with Crippen molar-refractivity contribution >= 4 is 11.5 Å². The van der Waals surface area contributed by atoms with Crippen LogP contribution >= 0.6 is 0 Å². The molecule has 5 heteroatoms. The van der Waals surface area contributed by atoms with Crippen LogP contribution in [0.15, 0.2) is 12.3 Å². The van der Waals surface area contributed by atoms with Crippen LogP contribution < -0.4 is 5.32 Å². The third kappa shape index (κ3) is 2.14.